The summed E-state index contributed by atoms with van der Waals surface area (Å²) in [5.74, 6) is 0.0362. The Balaban J connectivity index is 2.21. The van der Waals surface area contributed by atoms with Crippen molar-refractivity contribution in [2.24, 2.45) is 0 Å². The van der Waals surface area contributed by atoms with Gasteiger partial charge in [-0.3, -0.25) is 4.79 Å². The number of aromatic amines is 1. The van der Waals surface area contributed by atoms with Crippen molar-refractivity contribution >= 4 is 28.3 Å². The Bertz CT molecular complexity index is 797. The largest absolute Gasteiger partial charge is 0.360 e. The van der Waals surface area contributed by atoms with Crippen LogP contribution < -0.4 is 0 Å². The Morgan fingerprint density at radius 2 is 1.80 bits per heavy atom. The third-order valence-corrected chi connectivity index (χ3v) is 3.83. The average molecular weight is 284 g/mol. The Morgan fingerprint density at radius 3 is 2.50 bits per heavy atom. The standard InChI is InChI=1S/C17H14ClNO/c1-10-4-3-5-11(2)16(10)17(20)14-9-19-15-7-6-12(18)8-13(14)15/h3-9,19H,1-2H3. The molecule has 2 aromatic carbocycles. The highest BCUT2D eigenvalue weighted by Crippen LogP contribution is 2.26. The number of fused-ring (bicyclic) bond motifs is 1. The van der Waals surface area contributed by atoms with Gasteiger partial charge < -0.3 is 4.98 Å². The second-order valence-electron chi connectivity index (χ2n) is 4.99. The lowest BCUT2D eigenvalue weighted by molar-refractivity contribution is 0.103. The number of halogens is 1. The molecule has 3 aromatic rings. The minimum absolute atomic E-state index is 0.0362. The Kier molecular flexibility index (Phi) is 3.11. The number of nitrogens with one attached hydrogen (secondary N) is 1. The first kappa shape index (κ1) is 12.9. The summed E-state index contributed by atoms with van der Waals surface area (Å²) < 4.78 is 0. The first-order valence-corrected chi connectivity index (χ1v) is 6.83. The van der Waals surface area contributed by atoms with E-state index in [9.17, 15) is 4.79 Å². The van der Waals surface area contributed by atoms with Gasteiger partial charge >= 0.3 is 0 Å². The van der Waals surface area contributed by atoms with E-state index in [1.807, 2.05) is 50.2 Å². The van der Waals surface area contributed by atoms with Crippen LogP contribution in [0.25, 0.3) is 10.9 Å². The second kappa shape index (κ2) is 4.80. The number of carbonyl (C=O) groups excluding carboxylic acids is 1. The van der Waals surface area contributed by atoms with Crippen LogP contribution >= 0.6 is 11.6 Å². The van der Waals surface area contributed by atoms with Gasteiger partial charge in [0.2, 0.25) is 0 Å². The molecule has 0 aliphatic rings. The summed E-state index contributed by atoms with van der Waals surface area (Å²) in [5, 5.41) is 1.50. The number of aromatic nitrogens is 1. The summed E-state index contributed by atoms with van der Waals surface area (Å²) in [6.45, 7) is 3.92. The molecule has 0 saturated carbocycles. The van der Waals surface area contributed by atoms with Crippen LogP contribution in [-0.4, -0.2) is 10.8 Å². The number of ketones is 1. The quantitative estimate of drug-likeness (QED) is 0.681. The predicted octanol–water partition coefficient (Wildman–Crippen LogP) is 4.67. The zero-order chi connectivity index (χ0) is 14.3. The molecule has 0 radical (unpaired) electrons. The van der Waals surface area contributed by atoms with Crippen molar-refractivity contribution in [3.8, 4) is 0 Å². The maximum atomic E-state index is 12.8. The topological polar surface area (TPSA) is 32.9 Å². The van der Waals surface area contributed by atoms with E-state index in [2.05, 4.69) is 4.98 Å². The van der Waals surface area contributed by atoms with Crippen molar-refractivity contribution in [3.05, 3.63) is 69.9 Å². The molecule has 20 heavy (non-hydrogen) atoms. The van der Waals surface area contributed by atoms with Gasteiger partial charge in [0, 0.05) is 33.2 Å². The van der Waals surface area contributed by atoms with Gasteiger partial charge in [0.15, 0.2) is 5.78 Å². The van der Waals surface area contributed by atoms with Crippen LogP contribution in [-0.2, 0) is 0 Å². The molecule has 0 fully saturated rings. The van der Waals surface area contributed by atoms with E-state index in [-0.39, 0.29) is 5.78 Å². The molecular weight excluding hydrogens is 270 g/mol. The molecule has 0 amide bonds. The summed E-state index contributed by atoms with van der Waals surface area (Å²) in [7, 11) is 0. The van der Waals surface area contributed by atoms with Crippen molar-refractivity contribution in [1.29, 1.82) is 0 Å². The first-order chi connectivity index (χ1) is 9.58. The maximum absolute atomic E-state index is 12.8. The lowest BCUT2D eigenvalue weighted by atomic mass is 9.95. The first-order valence-electron chi connectivity index (χ1n) is 6.45. The summed E-state index contributed by atoms with van der Waals surface area (Å²) in [4.78, 5) is 15.9. The molecule has 0 bridgehead atoms. The van der Waals surface area contributed by atoms with Gasteiger partial charge in [-0.2, -0.15) is 0 Å². The van der Waals surface area contributed by atoms with Crippen LogP contribution in [0, 0.1) is 13.8 Å². The molecular formula is C17H14ClNO. The second-order valence-corrected chi connectivity index (χ2v) is 5.42. The molecule has 100 valence electrons. The smallest absolute Gasteiger partial charge is 0.195 e. The summed E-state index contributed by atoms with van der Waals surface area (Å²) >= 11 is 6.04. The number of rotatable bonds is 2. The fourth-order valence-corrected chi connectivity index (χ4v) is 2.76. The van der Waals surface area contributed by atoms with E-state index < -0.39 is 0 Å². The van der Waals surface area contributed by atoms with E-state index in [0.29, 0.717) is 10.6 Å². The normalized spacial score (nSPS) is 10.9. The third-order valence-electron chi connectivity index (χ3n) is 3.60. The number of hydrogen-bond donors (Lipinski definition) is 1. The van der Waals surface area contributed by atoms with Crippen LogP contribution in [0.1, 0.15) is 27.0 Å². The molecule has 0 spiro atoms. The molecule has 0 unspecified atom stereocenters. The number of benzene rings is 2. The van der Waals surface area contributed by atoms with E-state index >= 15 is 0 Å². The Labute approximate surface area is 122 Å². The van der Waals surface area contributed by atoms with E-state index in [1.54, 1.807) is 6.20 Å². The average Bonchev–Trinajstić information content (AvgIpc) is 2.81. The van der Waals surface area contributed by atoms with Gasteiger partial charge in [-0.15, -0.1) is 0 Å². The number of hydrogen-bond acceptors (Lipinski definition) is 1. The number of carbonyl (C=O) groups is 1. The highest BCUT2D eigenvalue weighted by atomic mass is 35.5. The highest BCUT2D eigenvalue weighted by molar-refractivity contribution is 6.31. The van der Waals surface area contributed by atoms with Crippen LogP contribution in [0.3, 0.4) is 0 Å². The molecule has 3 heteroatoms. The molecule has 1 aromatic heterocycles. The Morgan fingerprint density at radius 1 is 1.10 bits per heavy atom. The molecule has 0 saturated heterocycles. The minimum Gasteiger partial charge on any atom is -0.360 e. The summed E-state index contributed by atoms with van der Waals surface area (Å²) in [5.41, 5.74) is 4.34. The molecule has 3 rings (SSSR count). The number of aryl methyl sites for hydroxylation is 2. The third kappa shape index (κ3) is 2.02. The maximum Gasteiger partial charge on any atom is 0.195 e. The summed E-state index contributed by atoms with van der Waals surface area (Å²) in [6, 6.07) is 11.4. The number of H-pyrrole nitrogens is 1. The van der Waals surface area contributed by atoms with Crippen molar-refractivity contribution in [2.45, 2.75) is 13.8 Å². The zero-order valence-corrected chi connectivity index (χ0v) is 12.1. The molecule has 0 aliphatic carbocycles. The van der Waals surface area contributed by atoms with Crippen molar-refractivity contribution in [2.75, 3.05) is 0 Å². The van der Waals surface area contributed by atoms with Crippen molar-refractivity contribution in [1.82, 2.24) is 4.98 Å². The lowest BCUT2D eigenvalue weighted by Gasteiger charge is -2.07. The molecule has 0 atom stereocenters. The van der Waals surface area contributed by atoms with E-state index in [0.717, 1.165) is 27.6 Å². The fourth-order valence-electron chi connectivity index (χ4n) is 2.59. The van der Waals surface area contributed by atoms with E-state index in [4.69, 9.17) is 11.6 Å². The van der Waals surface area contributed by atoms with Gasteiger partial charge in [-0.1, -0.05) is 29.8 Å². The van der Waals surface area contributed by atoms with Gasteiger partial charge in [0.25, 0.3) is 0 Å². The Hall–Kier alpha value is -2.06. The fraction of sp³-hybridized carbons (Fsp3) is 0.118. The van der Waals surface area contributed by atoms with Crippen LogP contribution in [0.5, 0.6) is 0 Å². The minimum atomic E-state index is 0.0362. The predicted molar refractivity (Wildman–Crippen MR) is 82.7 cm³/mol. The van der Waals surface area contributed by atoms with Gasteiger partial charge in [-0.05, 0) is 43.2 Å². The van der Waals surface area contributed by atoms with Gasteiger partial charge in [0.1, 0.15) is 0 Å². The molecule has 2 nitrogen and oxygen atoms in total. The molecule has 0 aliphatic heterocycles. The molecule has 1 heterocycles. The SMILES string of the molecule is Cc1cccc(C)c1C(=O)c1c[nH]c2ccc(Cl)cc12. The van der Waals surface area contributed by atoms with Gasteiger partial charge in [0.05, 0.1) is 0 Å². The van der Waals surface area contributed by atoms with Crippen LogP contribution in [0.4, 0.5) is 0 Å². The highest BCUT2D eigenvalue weighted by Gasteiger charge is 2.17. The monoisotopic (exact) mass is 283 g/mol. The van der Waals surface area contributed by atoms with Crippen LogP contribution in [0.15, 0.2) is 42.6 Å². The molecule has 1 N–H and O–H groups in total. The lowest BCUT2D eigenvalue weighted by Crippen LogP contribution is -2.05. The van der Waals surface area contributed by atoms with E-state index in [1.165, 1.54) is 0 Å². The van der Waals surface area contributed by atoms with Gasteiger partial charge in [-0.25, -0.2) is 0 Å². The van der Waals surface area contributed by atoms with Crippen molar-refractivity contribution in [3.63, 3.8) is 0 Å². The zero-order valence-electron chi connectivity index (χ0n) is 11.3. The van der Waals surface area contributed by atoms with Crippen LogP contribution in [0.2, 0.25) is 5.02 Å². The summed E-state index contributed by atoms with van der Waals surface area (Å²) in [6.07, 6.45) is 1.76. The van der Waals surface area contributed by atoms with Crippen molar-refractivity contribution < 1.29 is 4.79 Å².